The molecule has 1 heterocycles. The zero-order valence-corrected chi connectivity index (χ0v) is 11.3. The maximum absolute atomic E-state index is 11.3. The van der Waals surface area contributed by atoms with Gasteiger partial charge < -0.3 is 20.9 Å². The van der Waals surface area contributed by atoms with Crippen molar-refractivity contribution in [3.05, 3.63) is 23.8 Å². The Morgan fingerprint density at radius 1 is 1.53 bits per heavy atom. The Hall–Kier alpha value is -1.75. The third-order valence-corrected chi connectivity index (χ3v) is 3.25. The predicted molar refractivity (Wildman–Crippen MR) is 73.1 cm³/mol. The van der Waals surface area contributed by atoms with Gasteiger partial charge in [-0.05, 0) is 38.8 Å². The SMILES string of the molecule is CC1(C)CCC(COc2cc(N)ccc2C(N)=O)O1. The van der Waals surface area contributed by atoms with E-state index < -0.39 is 5.91 Å². The number of rotatable bonds is 4. The number of hydrogen-bond acceptors (Lipinski definition) is 4. The molecule has 19 heavy (non-hydrogen) atoms. The highest BCUT2D eigenvalue weighted by molar-refractivity contribution is 5.96. The molecule has 1 atom stereocenters. The van der Waals surface area contributed by atoms with E-state index in [0.717, 1.165) is 12.8 Å². The minimum atomic E-state index is -0.525. The van der Waals surface area contributed by atoms with Crippen LogP contribution >= 0.6 is 0 Å². The summed E-state index contributed by atoms with van der Waals surface area (Å²) in [5.74, 6) is -0.108. The van der Waals surface area contributed by atoms with Gasteiger partial charge in [0, 0.05) is 11.8 Å². The molecule has 0 bridgehead atoms. The molecule has 4 N–H and O–H groups in total. The molecule has 0 spiro atoms. The number of hydrogen-bond donors (Lipinski definition) is 2. The summed E-state index contributed by atoms with van der Waals surface area (Å²) in [5.41, 5.74) is 11.8. The first-order chi connectivity index (χ1) is 8.87. The van der Waals surface area contributed by atoms with Crippen molar-refractivity contribution in [2.24, 2.45) is 5.73 Å². The van der Waals surface area contributed by atoms with Crippen LogP contribution in [-0.2, 0) is 4.74 Å². The van der Waals surface area contributed by atoms with Gasteiger partial charge in [0.25, 0.3) is 5.91 Å². The van der Waals surface area contributed by atoms with E-state index in [0.29, 0.717) is 23.6 Å². The summed E-state index contributed by atoms with van der Waals surface area (Å²) in [7, 11) is 0. The van der Waals surface area contributed by atoms with Crippen LogP contribution < -0.4 is 16.2 Å². The van der Waals surface area contributed by atoms with Crippen LogP contribution in [0.2, 0.25) is 0 Å². The molecular formula is C14H20N2O3. The van der Waals surface area contributed by atoms with E-state index in [1.54, 1.807) is 18.2 Å². The number of benzene rings is 1. The standard InChI is InChI=1S/C14H20N2O3/c1-14(2)6-5-10(19-14)8-18-12-7-9(15)3-4-11(12)13(16)17/h3-4,7,10H,5-6,8,15H2,1-2H3,(H2,16,17). The minimum Gasteiger partial charge on any atom is -0.490 e. The first-order valence-corrected chi connectivity index (χ1v) is 6.37. The Kier molecular flexibility index (Phi) is 3.66. The van der Waals surface area contributed by atoms with Crippen LogP contribution in [0.5, 0.6) is 5.75 Å². The van der Waals surface area contributed by atoms with Crippen LogP contribution in [0.4, 0.5) is 5.69 Å². The predicted octanol–water partition coefficient (Wildman–Crippen LogP) is 1.70. The van der Waals surface area contributed by atoms with Gasteiger partial charge in [-0.3, -0.25) is 4.79 Å². The van der Waals surface area contributed by atoms with E-state index >= 15 is 0 Å². The molecule has 104 valence electrons. The highest BCUT2D eigenvalue weighted by Gasteiger charge is 2.32. The Balaban J connectivity index is 2.03. The molecule has 0 aliphatic carbocycles. The van der Waals surface area contributed by atoms with Crippen molar-refractivity contribution in [2.45, 2.75) is 38.4 Å². The lowest BCUT2D eigenvalue weighted by Gasteiger charge is -2.20. The van der Waals surface area contributed by atoms with Gasteiger partial charge in [-0.25, -0.2) is 0 Å². The van der Waals surface area contributed by atoms with E-state index in [1.165, 1.54) is 0 Å². The molecule has 0 saturated carbocycles. The van der Waals surface area contributed by atoms with Crippen LogP contribution in [0.25, 0.3) is 0 Å². The molecule has 1 aromatic rings. The Labute approximate surface area is 112 Å². The first-order valence-electron chi connectivity index (χ1n) is 6.37. The fourth-order valence-corrected chi connectivity index (χ4v) is 2.24. The Morgan fingerprint density at radius 3 is 2.84 bits per heavy atom. The first kappa shape index (κ1) is 13.7. The number of primary amides is 1. The van der Waals surface area contributed by atoms with E-state index in [9.17, 15) is 4.79 Å². The molecule has 0 aromatic heterocycles. The summed E-state index contributed by atoms with van der Waals surface area (Å²) >= 11 is 0. The zero-order valence-electron chi connectivity index (χ0n) is 11.3. The summed E-state index contributed by atoms with van der Waals surface area (Å²) in [6, 6.07) is 4.81. The van der Waals surface area contributed by atoms with Gasteiger partial charge in [-0.15, -0.1) is 0 Å². The Bertz CT molecular complexity index is 486. The quantitative estimate of drug-likeness (QED) is 0.810. The normalized spacial score (nSPS) is 21.3. The average Bonchev–Trinajstić information content (AvgIpc) is 2.66. The largest absolute Gasteiger partial charge is 0.490 e. The number of ether oxygens (including phenoxy) is 2. The molecule has 5 nitrogen and oxygen atoms in total. The molecule has 1 aliphatic heterocycles. The number of carbonyl (C=O) groups excluding carboxylic acids is 1. The summed E-state index contributed by atoms with van der Waals surface area (Å²) in [6.07, 6.45) is 1.99. The van der Waals surface area contributed by atoms with Crippen molar-refractivity contribution in [1.82, 2.24) is 0 Å². The number of carbonyl (C=O) groups is 1. The fraction of sp³-hybridized carbons (Fsp3) is 0.500. The van der Waals surface area contributed by atoms with Gasteiger partial charge in [0.15, 0.2) is 0 Å². The third-order valence-electron chi connectivity index (χ3n) is 3.25. The smallest absolute Gasteiger partial charge is 0.252 e. The monoisotopic (exact) mass is 264 g/mol. The fourth-order valence-electron chi connectivity index (χ4n) is 2.24. The van der Waals surface area contributed by atoms with Crippen LogP contribution in [-0.4, -0.2) is 24.2 Å². The second-order valence-electron chi connectivity index (χ2n) is 5.47. The van der Waals surface area contributed by atoms with E-state index in [-0.39, 0.29) is 11.7 Å². The number of nitrogens with two attached hydrogens (primary N) is 2. The molecular weight excluding hydrogens is 244 g/mol. The van der Waals surface area contributed by atoms with Crippen molar-refractivity contribution in [1.29, 1.82) is 0 Å². The highest BCUT2D eigenvalue weighted by Crippen LogP contribution is 2.30. The summed E-state index contributed by atoms with van der Waals surface area (Å²) < 4.78 is 11.5. The van der Waals surface area contributed by atoms with Crippen LogP contribution in [0.15, 0.2) is 18.2 Å². The molecule has 1 unspecified atom stereocenters. The van der Waals surface area contributed by atoms with E-state index in [1.807, 2.05) is 0 Å². The van der Waals surface area contributed by atoms with E-state index in [4.69, 9.17) is 20.9 Å². The van der Waals surface area contributed by atoms with Crippen molar-refractivity contribution in [3.63, 3.8) is 0 Å². The van der Waals surface area contributed by atoms with Gasteiger partial charge in [0.2, 0.25) is 0 Å². The number of anilines is 1. The molecule has 1 saturated heterocycles. The molecule has 1 fully saturated rings. The van der Waals surface area contributed by atoms with Gasteiger partial charge in [-0.2, -0.15) is 0 Å². The van der Waals surface area contributed by atoms with Crippen LogP contribution in [0.3, 0.4) is 0 Å². The third kappa shape index (κ3) is 3.38. The van der Waals surface area contributed by atoms with Crippen molar-refractivity contribution in [2.75, 3.05) is 12.3 Å². The molecule has 0 radical (unpaired) electrons. The highest BCUT2D eigenvalue weighted by atomic mass is 16.6. The molecule has 5 heteroatoms. The van der Waals surface area contributed by atoms with Crippen LogP contribution in [0, 0.1) is 0 Å². The Morgan fingerprint density at radius 2 is 2.26 bits per heavy atom. The lowest BCUT2D eigenvalue weighted by molar-refractivity contribution is -0.0327. The second kappa shape index (κ2) is 5.09. The molecule has 2 rings (SSSR count). The van der Waals surface area contributed by atoms with E-state index in [2.05, 4.69) is 13.8 Å². The van der Waals surface area contributed by atoms with Crippen molar-refractivity contribution >= 4 is 11.6 Å². The average molecular weight is 264 g/mol. The molecule has 1 aliphatic rings. The lowest BCUT2D eigenvalue weighted by atomic mass is 10.1. The van der Waals surface area contributed by atoms with Crippen molar-refractivity contribution < 1.29 is 14.3 Å². The number of nitrogen functional groups attached to an aromatic ring is 1. The van der Waals surface area contributed by atoms with Gasteiger partial charge in [0.05, 0.1) is 17.3 Å². The topological polar surface area (TPSA) is 87.6 Å². The summed E-state index contributed by atoms with van der Waals surface area (Å²) in [5, 5.41) is 0. The lowest BCUT2D eigenvalue weighted by Crippen LogP contribution is -2.24. The summed E-state index contributed by atoms with van der Waals surface area (Å²) in [4.78, 5) is 11.3. The minimum absolute atomic E-state index is 0.0390. The van der Waals surface area contributed by atoms with Gasteiger partial charge in [-0.1, -0.05) is 0 Å². The zero-order chi connectivity index (χ0) is 14.0. The van der Waals surface area contributed by atoms with Gasteiger partial charge >= 0.3 is 0 Å². The second-order valence-corrected chi connectivity index (χ2v) is 5.47. The van der Waals surface area contributed by atoms with Crippen molar-refractivity contribution in [3.8, 4) is 5.75 Å². The maximum atomic E-state index is 11.3. The molecule has 1 amide bonds. The van der Waals surface area contributed by atoms with Crippen LogP contribution in [0.1, 0.15) is 37.0 Å². The number of amides is 1. The maximum Gasteiger partial charge on any atom is 0.252 e. The molecule has 1 aromatic carbocycles. The summed E-state index contributed by atoms with van der Waals surface area (Å²) in [6.45, 7) is 4.51. The van der Waals surface area contributed by atoms with Gasteiger partial charge in [0.1, 0.15) is 12.4 Å².